The fourth-order valence-electron chi connectivity index (χ4n) is 2.39. The fraction of sp³-hybridized carbons (Fsp3) is 1.00. The van der Waals surface area contributed by atoms with Gasteiger partial charge in [0.15, 0.2) is 0 Å². The quantitative estimate of drug-likeness (QED) is 0.683. The maximum Gasteiger partial charge on any atom is 0.0593 e. The zero-order valence-corrected chi connectivity index (χ0v) is 10.2. The molecule has 3 nitrogen and oxygen atoms in total. The van der Waals surface area contributed by atoms with Crippen LogP contribution in [0.15, 0.2) is 0 Å². The lowest BCUT2D eigenvalue weighted by atomic mass is 9.91. The third-order valence-corrected chi connectivity index (χ3v) is 3.39. The summed E-state index contributed by atoms with van der Waals surface area (Å²) in [6.45, 7) is 8.19. The molecule has 0 aromatic rings. The highest BCUT2D eigenvalue weighted by Gasteiger charge is 2.22. The number of nitrogens with zero attached hydrogens (tertiary/aromatic N) is 1. The van der Waals surface area contributed by atoms with Crippen molar-refractivity contribution >= 4 is 0 Å². The average Bonchev–Trinajstić information content (AvgIpc) is 2.26. The van der Waals surface area contributed by atoms with Gasteiger partial charge in [-0.15, -0.1) is 0 Å². The molecule has 0 spiro atoms. The van der Waals surface area contributed by atoms with Crippen molar-refractivity contribution < 1.29 is 4.74 Å². The van der Waals surface area contributed by atoms with Crippen molar-refractivity contribution in [2.24, 2.45) is 5.73 Å². The normalized spacial score (nSPS) is 27.2. The maximum atomic E-state index is 5.92. The lowest BCUT2D eigenvalue weighted by Crippen LogP contribution is -2.42. The summed E-state index contributed by atoms with van der Waals surface area (Å²) in [5.74, 6) is 0. The molecule has 1 aliphatic rings. The Morgan fingerprint density at radius 2 is 1.87 bits per heavy atom. The molecule has 1 aliphatic carbocycles. The molecule has 0 saturated heterocycles. The number of rotatable bonds is 6. The SMILES string of the molecule is CCOCCN(CC)C1CCC(N)CC1. The van der Waals surface area contributed by atoms with Crippen molar-refractivity contribution in [1.82, 2.24) is 4.90 Å². The number of nitrogens with two attached hydrogens (primary N) is 1. The second kappa shape index (κ2) is 7.20. The monoisotopic (exact) mass is 214 g/mol. The van der Waals surface area contributed by atoms with Gasteiger partial charge in [-0.25, -0.2) is 0 Å². The van der Waals surface area contributed by atoms with Crippen LogP contribution in [0.3, 0.4) is 0 Å². The number of likely N-dealkylation sites (N-methyl/N-ethyl adjacent to an activating group) is 1. The molecule has 0 radical (unpaired) electrons. The fourth-order valence-corrected chi connectivity index (χ4v) is 2.39. The number of hydrogen-bond acceptors (Lipinski definition) is 3. The summed E-state index contributed by atoms with van der Waals surface area (Å²) < 4.78 is 5.41. The molecule has 1 saturated carbocycles. The van der Waals surface area contributed by atoms with E-state index in [9.17, 15) is 0 Å². The summed E-state index contributed by atoms with van der Waals surface area (Å²) in [6.07, 6.45) is 4.91. The van der Waals surface area contributed by atoms with Crippen molar-refractivity contribution in [3.05, 3.63) is 0 Å². The molecule has 1 rings (SSSR count). The zero-order valence-electron chi connectivity index (χ0n) is 10.2. The van der Waals surface area contributed by atoms with Gasteiger partial charge in [0, 0.05) is 25.2 Å². The van der Waals surface area contributed by atoms with Gasteiger partial charge in [-0.1, -0.05) is 6.92 Å². The molecule has 3 heteroatoms. The highest BCUT2D eigenvalue weighted by atomic mass is 16.5. The summed E-state index contributed by atoms with van der Waals surface area (Å²) in [7, 11) is 0. The Morgan fingerprint density at radius 1 is 1.20 bits per heavy atom. The first kappa shape index (κ1) is 12.9. The van der Waals surface area contributed by atoms with E-state index in [2.05, 4.69) is 18.7 Å². The van der Waals surface area contributed by atoms with Crippen LogP contribution in [-0.2, 0) is 4.74 Å². The molecule has 0 amide bonds. The molecule has 1 fully saturated rings. The minimum absolute atomic E-state index is 0.451. The van der Waals surface area contributed by atoms with Crippen molar-refractivity contribution in [2.75, 3.05) is 26.3 Å². The summed E-state index contributed by atoms with van der Waals surface area (Å²) >= 11 is 0. The van der Waals surface area contributed by atoms with Crippen LogP contribution in [0.1, 0.15) is 39.5 Å². The van der Waals surface area contributed by atoms with Crippen molar-refractivity contribution in [2.45, 2.75) is 51.6 Å². The van der Waals surface area contributed by atoms with E-state index in [0.717, 1.165) is 32.3 Å². The van der Waals surface area contributed by atoms with Gasteiger partial charge < -0.3 is 10.5 Å². The van der Waals surface area contributed by atoms with Gasteiger partial charge in [0.05, 0.1) is 6.61 Å². The molecule has 0 unspecified atom stereocenters. The predicted octanol–water partition coefficient (Wildman–Crippen LogP) is 1.61. The lowest BCUT2D eigenvalue weighted by Gasteiger charge is -2.35. The van der Waals surface area contributed by atoms with Gasteiger partial charge in [-0.3, -0.25) is 4.90 Å². The van der Waals surface area contributed by atoms with E-state index in [1.165, 1.54) is 25.7 Å². The summed E-state index contributed by atoms with van der Waals surface area (Å²) in [5, 5.41) is 0. The molecule has 0 aromatic carbocycles. The number of ether oxygens (including phenoxy) is 1. The van der Waals surface area contributed by atoms with Crippen LogP contribution in [0.2, 0.25) is 0 Å². The van der Waals surface area contributed by atoms with Gasteiger partial charge in [-0.05, 0) is 39.2 Å². The van der Waals surface area contributed by atoms with Gasteiger partial charge in [0.25, 0.3) is 0 Å². The molecular formula is C12H26N2O. The standard InChI is InChI=1S/C12H26N2O/c1-3-14(9-10-15-4-2)12-7-5-11(13)6-8-12/h11-12H,3-10,13H2,1-2H3. The molecule has 15 heavy (non-hydrogen) atoms. The highest BCUT2D eigenvalue weighted by Crippen LogP contribution is 2.21. The topological polar surface area (TPSA) is 38.5 Å². The van der Waals surface area contributed by atoms with Crippen LogP contribution < -0.4 is 5.73 Å². The van der Waals surface area contributed by atoms with Gasteiger partial charge in [0.1, 0.15) is 0 Å². The number of hydrogen-bond donors (Lipinski definition) is 1. The first-order valence-corrected chi connectivity index (χ1v) is 6.35. The molecule has 0 atom stereocenters. The highest BCUT2D eigenvalue weighted by molar-refractivity contribution is 4.80. The Balaban J connectivity index is 2.24. The average molecular weight is 214 g/mol. The molecule has 0 aromatic heterocycles. The minimum atomic E-state index is 0.451. The van der Waals surface area contributed by atoms with Crippen LogP contribution in [0.4, 0.5) is 0 Å². The van der Waals surface area contributed by atoms with Crippen LogP contribution in [-0.4, -0.2) is 43.3 Å². The zero-order chi connectivity index (χ0) is 11.1. The third kappa shape index (κ3) is 4.49. The molecule has 0 heterocycles. The molecular weight excluding hydrogens is 188 g/mol. The van der Waals surface area contributed by atoms with Crippen LogP contribution in [0.5, 0.6) is 0 Å². The van der Waals surface area contributed by atoms with E-state index in [1.807, 2.05) is 0 Å². The van der Waals surface area contributed by atoms with Gasteiger partial charge in [0.2, 0.25) is 0 Å². The van der Waals surface area contributed by atoms with Crippen molar-refractivity contribution in [3.8, 4) is 0 Å². The van der Waals surface area contributed by atoms with Crippen molar-refractivity contribution in [1.29, 1.82) is 0 Å². The smallest absolute Gasteiger partial charge is 0.0593 e. The lowest BCUT2D eigenvalue weighted by molar-refractivity contribution is 0.0837. The second-order valence-electron chi connectivity index (χ2n) is 4.39. The Hall–Kier alpha value is -0.120. The van der Waals surface area contributed by atoms with Gasteiger partial charge in [-0.2, -0.15) is 0 Å². The Morgan fingerprint density at radius 3 is 2.40 bits per heavy atom. The van der Waals surface area contributed by atoms with Gasteiger partial charge >= 0.3 is 0 Å². The maximum absolute atomic E-state index is 5.92. The van der Waals surface area contributed by atoms with Crippen LogP contribution >= 0.6 is 0 Å². The Kier molecular flexibility index (Phi) is 6.22. The van der Waals surface area contributed by atoms with E-state index in [0.29, 0.717) is 6.04 Å². The van der Waals surface area contributed by atoms with Crippen LogP contribution in [0, 0.1) is 0 Å². The van der Waals surface area contributed by atoms with E-state index < -0.39 is 0 Å². The molecule has 90 valence electrons. The summed E-state index contributed by atoms with van der Waals surface area (Å²) in [6, 6.07) is 1.20. The predicted molar refractivity (Wildman–Crippen MR) is 64.0 cm³/mol. The summed E-state index contributed by atoms with van der Waals surface area (Å²) in [5.41, 5.74) is 5.92. The summed E-state index contributed by atoms with van der Waals surface area (Å²) in [4.78, 5) is 2.54. The molecule has 2 N–H and O–H groups in total. The van der Waals surface area contributed by atoms with E-state index in [-0.39, 0.29) is 0 Å². The first-order chi connectivity index (χ1) is 7.27. The van der Waals surface area contributed by atoms with E-state index >= 15 is 0 Å². The second-order valence-corrected chi connectivity index (χ2v) is 4.39. The van der Waals surface area contributed by atoms with Crippen LogP contribution in [0.25, 0.3) is 0 Å². The van der Waals surface area contributed by atoms with E-state index in [4.69, 9.17) is 10.5 Å². The van der Waals surface area contributed by atoms with E-state index in [1.54, 1.807) is 0 Å². The largest absolute Gasteiger partial charge is 0.380 e. The Labute approximate surface area is 94.0 Å². The first-order valence-electron chi connectivity index (χ1n) is 6.35. The Bertz CT molecular complexity index is 156. The molecule has 0 bridgehead atoms. The minimum Gasteiger partial charge on any atom is -0.380 e. The third-order valence-electron chi connectivity index (χ3n) is 3.39. The molecule has 0 aliphatic heterocycles. The van der Waals surface area contributed by atoms with Crippen molar-refractivity contribution in [3.63, 3.8) is 0 Å².